The highest BCUT2D eigenvalue weighted by molar-refractivity contribution is 7.99. The van der Waals surface area contributed by atoms with E-state index in [1.54, 1.807) is 0 Å². The van der Waals surface area contributed by atoms with Crippen LogP contribution in [0, 0.1) is 11.3 Å². The average molecular weight is 317 g/mol. The number of rotatable bonds is 9. The molecule has 1 rings (SSSR count). The Morgan fingerprint density at radius 2 is 2.05 bits per heavy atom. The van der Waals surface area contributed by atoms with Gasteiger partial charge in [0, 0.05) is 17.0 Å². The van der Waals surface area contributed by atoms with Gasteiger partial charge < -0.3 is 10.8 Å². The van der Waals surface area contributed by atoms with Crippen molar-refractivity contribution in [3.63, 3.8) is 0 Å². The van der Waals surface area contributed by atoms with Crippen LogP contribution in [0.4, 0.5) is 0 Å². The van der Waals surface area contributed by atoms with Crippen molar-refractivity contribution >= 4 is 11.8 Å². The third-order valence-electron chi connectivity index (χ3n) is 5.18. The predicted molar refractivity (Wildman–Crippen MR) is 94.6 cm³/mol. The number of hydrogen-bond acceptors (Lipinski definition) is 4. The second-order valence-electron chi connectivity index (χ2n) is 7.54. The maximum atomic E-state index is 8.94. The highest BCUT2D eigenvalue weighted by Crippen LogP contribution is 2.32. The smallest absolute Gasteiger partial charge is 0.0548 e. The average Bonchev–Trinajstić information content (AvgIpc) is 2.43. The lowest BCUT2D eigenvalue weighted by molar-refractivity contribution is 0.207. The zero-order valence-corrected chi connectivity index (χ0v) is 15.2. The topological polar surface area (TPSA) is 58.3 Å². The quantitative estimate of drug-likeness (QED) is 0.571. The number of thioether (sulfide) groups is 1. The minimum absolute atomic E-state index is 0.120. The van der Waals surface area contributed by atoms with Crippen molar-refractivity contribution in [3.05, 3.63) is 0 Å². The molecular weight excluding hydrogens is 280 g/mol. The molecule has 1 aliphatic carbocycles. The van der Waals surface area contributed by atoms with Crippen LogP contribution in [-0.2, 0) is 0 Å². The first kappa shape index (κ1) is 19.3. The summed E-state index contributed by atoms with van der Waals surface area (Å²) in [6.45, 7) is 9.56. The Kier molecular flexibility index (Phi) is 8.62. The fourth-order valence-corrected chi connectivity index (χ4v) is 4.01. The Labute approximate surface area is 135 Å². The first-order valence-electron chi connectivity index (χ1n) is 8.59. The summed E-state index contributed by atoms with van der Waals surface area (Å²) < 4.78 is 0. The molecule has 4 heteroatoms. The van der Waals surface area contributed by atoms with Crippen molar-refractivity contribution in [2.45, 2.75) is 83.7 Å². The van der Waals surface area contributed by atoms with E-state index in [0.29, 0.717) is 29.2 Å². The fraction of sp³-hybridized carbons (Fsp3) is 1.00. The van der Waals surface area contributed by atoms with Crippen molar-refractivity contribution in [2.24, 2.45) is 17.1 Å². The fourth-order valence-electron chi connectivity index (χ4n) is 2.87. The second-order valence-corrected chi connectivity index (χ2v) is 8.94. The van der Waals surface area contributed by atoms with Crippen molar-refractivity contribution < 1.29 is 5.11 Å². The minimum atomic E-state index is 0.120. The van der Waals surface area contributed by atoms with Crippen LogP contribution < -0.4 is 11.1 Å². The first-order chi connectivity index (χ1) is 9.85. The summed E-state index contributed by atoms with van der Waals surface area (Å²) >= 11 is 1.92. The maximum absolute atomic E-state index is 8.94. The molecule has 21 heavy (non-hydrogen) atoms. The lowest BCUT2D eigenvalue weighted by Crippen LogP contribution is -2.47. The molecule has 126 valence electrons. The van der Waals surface area contributed by atoms with E-state index in [2.05, 4.69) is 33.0 Å². The number of aliphatic hydroxyl groups excluding tert-OH is 1. The molecule has 3 nitrogen and oxygen atoms in total. The van der Waals surface area contributed by atoms with Crippen molar-refractivity contribution in [3.8, 4) is 0 Å². The highest BCUT2D eigenvalue weighted by atomic mass is 32.2. The van der Waals surface area contributed by atoms with E-state index in [-0.39, 0.29) is 6.17 Å². The predicted octanol–water partition coefficient (Wildman–Crippen LogP) is 3.36. The van der Waals surface area contributed by atoms with Gasteiger partial charge in [-0.2, -0.15) is 11.8 Å². The first-order valence-corrected chi connectivity index (χ1v) is 9.64. The second kappa shape index (κ2) is 9.39. The highest BCUT2D eigenvalue weighted by Gasteiger charge is 2.25. The van der Waals surface area contributed by atoms with Gasteiger partial charge >= 0.3 is 0 Å². The van der Waals surface area contributed by atoms with E-state index < -0.39 is 0 Å². The lowest BCUT2D eigenvalue weighted by atomic mass is 9.77. The summed E-state index contributed by atoms with van der Waals surface area (Å²) in [5.74, 6) is 1.56. The van der Waals surface area contributed by atoms with Crippen LogP contribution in [0.5, 0.6) is 0 Å². The Balaban J connectivity index is 2.28. The van der Waals surface area contributed by atoms with Gasteiger partial charge in [0.15, 0.2) is 0 Å². The molecule has 1 fully saturated rings. The standard InChI is InChI=1S/C17H36N2OS/c1-13(2)17(3,4)9-8-16(18)19-14-6-5-7-15(12-14)21-11-10-20/h13-16,19-20H,5-12,18H2,1-4H3/t14-,15+,16+/m0/s1. The van der Waals surface area contributed by atoms with E-state index in [9.17, 15) is 0 Å². The van der Waals surface area contributed by atoms with Gasteiger partial charge in [-0.15, -0.1) is 0 Å². The van der Waals surface area contributed by atoms with Crippen LogP contribution in [-0.4, -0.2) is 34.9 Å². The summed E-state index contributed by atoms with van der Waals surface area (Å²) in [7, 11) is 0. The summed E-state index contributed by atoms with van der Waals surface area (Å²) in [4.78, 5) is 0. The van der Waals surface area contributed by atoms with E-state index in [0.717, 1.165) is 12.2 Å². The molecule has 0 saturated heterocycles. The Morgan fingerprint density at radius 1 is 1.33 bits per heavy atom. The largest absolute Gasteiger partial charge is 0.396 e. The molecule has 0 amide bonds. The number of aliphatic hydroxyl groups is 1. The monoisotopic (exact) mass is 316 g/mol. The third-order valence-corrected chi connectivity index (χ3v) is 6.50. The van der Waals surface area contributed by atoms with E-state index >= 15 is 0 Å². The molecule has 1 aliphatic rings. The molecular formula is C17H36N2OS. The normalized spacial score (nSPS) is 25.3. The van der Waals surface area contributed by atoms with Crippen LogP contribution in [0.1, 0.15) is 66.2 Å². The molecule has 0 aliphatic heterocycles. The summed E-state index contributed by atoms with van der Waals surface area (Å²) in [6, 6.07) is 0.562. The molecule has 4 N–H and O–H groups in total. The van der Waals surface area contributed by atoms with Gasteiger partial charge in [0.1, 0.15) is 0 Å². The van der Waals surface area contributed by atoms with Crippen LogP contribution in [0.25, 0.3) is 0 Å². The minimum Gasteiger partial charge on any atom is -0.396 e. The Hall–Kier alpha value is 0.230. The van der Waals surface area contributed by atoms with E-state index in [4.69, 9.17) is 10.8 Å². The Morgan fingerprint density at radius 3 is 2.67 bits per heavy atom. The molecule has 0 aromatic carbocycles. The van der Waals surface area contributed by atoms with Gasteiger partial charge in [0.25, 0.3) is 0 Å². The van der Waals surface area contributed by atoms with Gasteiger partial charge in [-0.05, 0) is 43.4 Å². The maximum Gasteiger partial charge on any atom is 0.0548 e. The SMILES string of the molecule is CC(C)C(C)(C)CC[C@H](N)N[C@H]1CCC[C@@H](SCCO)C1. The molecule has 0 spiro atoms. The van der Waals surface area contributed by atoms with Crippen LogP contribution in [0.2, 0.25) is 0 Å². The molecule has 0 aromatic heterocycles. The summed E-state index contributed by atoms with van der Waals surface area (Å²) in [6.07, 6.45) is 7.37. The molecule has 1 saturated carbocycles. The molecule has 0 unspecified atom stereocenters. The molecule has 3 atom stereocenters. The molecule has 0 aromatic rings. The summed E-state index contributed by atoms with van der Waals surface area (Å²) in [5, 5.41) is 13.3. The van der Waals surface area contributed by atoms with Crippen molar-refractivity contribution in [1.29, 1.82) is 0 Å². The summed E-state index contributed by atoms with van der Waals surface area (Å²) in [5.41, 5.74) is 6.67. The van der Waals surface area contributed by atoms with E-state index in [1.807, 2.05) is 11.8 Å². The van der Waals surface area contributed by atoms with Crippen molar-refractivity contribution in [2.75, 3.05) is 12.4 Å². The number of hydrogen-bond donors (Lipinski definition) is 3. The van der Waals surface area contributed by atoms with Crippen LogP contribution in [0.15, 0.2) is 0 Å². The molecule has 0 bridgehead atoms. The van der Waals surface area contributed by atoms with E-state index in [1.165, 1.54) is 32.1 Å². The van der Waals surface area contributed by atoms with Gasteiger partial charge in [-0.3, -0.25) is 5.32 Å². The van der Waals surface area contributed by atoms with Gasteiger partial charge in [-0.25, -0.2) is 0 Å². The lowest BCUT2D eigenvalue weighted by Gasteiger charge is -2.34. The number of nitrogens with one attached hydrogen (secondary N) is 1. The van der Waals surface area contributed by atoms with Crippen LogP contribution in [0.3, 0.4) is 0 Å². The van der Waals surface area contributed by atoms with Crippen LogP contribution >= 0.6 is 11.8 Å². The molecule has 0 radical (unpaired) electrons. The third kappa shape index (κ3) is 7.36. The van der Waals surface area contributed by atoms with Crippen molar-refractivity contribution in [1.82, 2.24) is 5.32 Å². The van der Waals surface area contributed by atoms with Gasteiger partial charge in [0.2, 0.25) is 0 Å². The molecule has 0 heterocycles. The Bertz CT molecular complexity index is 284. The number of nitrogens with two attached hydrogens (primary N) is 1. The zero-order chi connectivity index (χ0) is 15.9. The zero-order valence-electron chi connectivity index (χ0n) is 14.4. The van der Waals surface area contributed by atoms with Gasteiger partial charge in [-0.1, -0.05) is 34.1 Å². The van der Waals surface area contributed by atoms with Gasteiger partial charge in [0.05, 0.1) is 12.8 Å².